The van der Waals surface area contributed by atoms with Crippen molar-refractivity contribution in [2.75, 3.05) is 32.2 Å². The molecule has 2 aromatic heterocycles. The Bertz CT molecular complexity index is 1210. The van der Waals surface area contributed by atoms with Crippen LogP contribution >= 0.6 is 0 Å². The first-order chi connectivity index (χ1) is 16.0. The lowest BCUT2D eigenvalue weighted by Gasteiger charge is -2.27. The maximum absolute atomic E-state index is 5.50. The fourth-order valence-corrected chi connectivity index (χ4v) is 3.68. The van der Waals surface area contributed by atoms with Crippen molar-refractivity contribution >= 4 is 22.4 Å². The van der Waals surface area contributed by atoms with Crippen molar-refractivity contribution in [1.82, 2.24) is 25.1 Å². The Morgan fingerprint density at radius 3 is 2.36 bits per heavy atom. The van der Waals surface area contributed by atoms with E-state index in [2.05, 4.69) is 46.3 Å². The van der Waals surface area contributed by atoms with Crippen LogP contribution in [0, 0.1) is 0 Å². The van der Waals surface area contributed by atoms with Gasteiger partial charge in [-0.25, -0.2) is 4.98 Å². The molecular weight excluding hydrogens is 416 g/mol. The third kappa shape index (κ3) is 5.23. The van der Waals surface area contributed by atoms with Gasteiger partial charge in [0.15, 0.2) is 0 Å². The fraction of sp³-hybridized carbons (Fsp3) is 0.320. The molecular formula is C25H30N6O2. The third-order valence-electron chi connectivity index (χ3n) is 5.37. The van der Waals surface area contributed by atoms with E-state index in [9.17, 15) is 0 Å². The normalized spacial score (nSPS) is 11.2. The summed E-state index contributed by atoms with van der Waals surface area (Å²) >= 11 is 0. The van der Waals surface area contributed by atoms with Crippen LogP contribution in [0.5, 0.6) is 11.5 Å². The van der Waals surface area contributed by atoms with Crippen LogP contribution in [0.25, 0.3) is 22.3 Å². The highest BCUT2D eigenvalue weighted by Crippen LogP contribution is 2.33. The van der Waals surface area contributed by atoms with Crippen molar-refractivity contribution in [2.45, 2.75) is 19.9 Å². The maximum Gasteiger partial charge on any atom is 0.124 e. The van der Waals surface area contributed by atoms with Crippen LogP contribution in [0.2, 0.25) is 0 Å². The molecule has 0 amide bonds. The molecule has 2 aromatic carbocycles. The lowest BCUT2D eigenvalue weighted by Crippen LogP contribution is -2.32. The molecule has 0 spiro atoms. The van der Waals surface area contributed by atoms with Crippen LogP contribution in [0.3, 0.4) is 0 Å². The topological polar surface area (TPSA) is 77.3 Å². The largest absolute Gasteiger partial charge is 0.497 e. The molecule has 8 heteroatoms. The summed E-state index contributed by atoms with van der Waals surface area (Å²) in [5.41, 5.74) is 5.42. The van der Waals surface area contributed by atoms with Crippen molar-refractivity contribution in [1.29, 1.82) is 0 Å². The summed E-state index contributed by atoms with van der Waals surface area (Å²) in [6.45, 7) is 5.87. The smallest absolute Gasteiger partial charge is 0.124 e. The standard InChI is InChI=1S/C25H30N6O2/c1-17(2)26-8-9-31(20-10-21(32-4)13-22(11-20)33-5)19-6-7-23-24(12-19)27-15-25(29-23)18-14-28-30(3)16-18/h6-7,10-17,26H,8-9H2,1-5H3. The van der Waals surface area contributed by atoms with Gasteiger partial charge in [-0.15, -0.1) is 0 Å². The van der Waals surface area contributed by atoms with Gasteiger partial charge in [0.1, 0.15) is 11.5 Å². The number of nitrogens with one attached hydrogen (secondary N) is 1. The quantitative estimate of drug-likeness (QED) is 0.413. The summed E-state index contributed by atoms with van der Waals surface area (Å²) in [6.07, 6.45) is 5.52. The summed E-state index contributed by atoms with van der Waals surface area (Å²) in [5.74, 6) is 1.49. The number of aromatic nitrogens is 4. The van der Waals surface area contributed by atoms with Gasteiger partial charge in [0.05, 0.1) is 43.3 Å². The van der Waals surface area contributed by atoms with Crippen molar-refractivity contribution in [3.8, 4) is 22.8 Å². The zero-order valence-electron chi connectivity index (χ0n) is 19.7. The average Bonchev–Trinajstić information content (AvgIpc) is 3.27. The number of hydrogen-bond donors (Lipinski definition) is 1. The molecule has 0 bridgehead atoms. The average molecular weight is 447 g/mol. The molecule has 0 saturated heterocycles. The predicted molar refractivity (Wildman–Crippen MR) is 131 cm³/mol. The van der Waals surface area contributed by atoms with Crippen molar-refractivity contribution < 1.29 is 9.47 Å². The molecule has 0 aliphatic carbocycles. The first-order valence-corrected chi connectivity index (χ1v) is 11.0. The number of aryl methyl sites for hydroxylation is 1. The molecule has 0 radical (unpaired) electrons. The lowest BCUT2D eigenvalue weighted by molar-refractivity contribution is 0.394. The second-order valence-electron chi connectivity index (χ2n) is 8.16. The second-order valence-corrected chi connectivity index (χ2v) is 8.16. The monoisotopic (exact) mass is 446 g/mol. The van der Waals surface area contributed by atoms with Gasteiger partial charge in [-0.2, -0.15) is 5.10 Å². The molecule has 2 heterocycles. The molecule has 0 atom stereocenters. The molecule has 172 valence electrons. The van der Waals surface area contributed by atoms with Crippen molar-refractivity contribution in [2.24, 2.45) is 7.05 Å². The number of ether oxygens (including phenoxy) is 2. The molecule has 8 nitrogen and oxygen atoms in total. The molecule has 1 N–H and O–H groups in total. The van der Waals surface area contributed by atoms with E-state index in [1.165, 1.54) is 0 Å². The number of benzene rings is 2. The van der Waals surface area contributed by atoms with Gasteiger partial charge >= 0.3 is 0 Å². The number of nitrogens with zero attached hydrogens (tertiary/aromatic N) is 5. The van der Waals surface area contributed by atoms with E-state index in [4.69, 9.17) is 14.5 Å². The van der Waals surface area contributed by atoms with Crippen molar-refractivity contribution in [3.63, 3.8) is 0 Å². The first kappa shape index (κ1) is 22.5. The van der Waals surface area contributed by atoms with Crippen molar-refractivity contribution in [3.05, 3.63) is 55.0 Å². The number of fused-ring (bicyclic) bond motifs is 1. The van der Waals surface area contributed by atoms with E-state index in [1.807, 2.05) is 37.5 Å². The lowest BCUT2D eigenvalue weighted by atomic mass is 10.2. The number of methoxy groups -OCH3 is 2. The summed E-state index contributed by atoms with van der Waals surface area (Å²) in [4.78, 5) is 11.7. The van der Waals surface area contributed by atoms with E-state index in [1.54, 1.807) is 31.3 Å². The third-order valence-corrected chi connectivity index (χ3v) is 5.37. The number of rotatable bonds is 9. The summed E-state index contributed by atoms with van der Waals surface area (Å²) in [5, 5.41) is 7.73. The van der Waals surface area contributed by atoms with Gasteiger partial charge in [0, 0.05) is 67.5 Å². The van der Waals surface area contributed by atoms with Gasteiger partial charge in [0.25, 0.3) is 0 Å². The molecule has 0 fully saturated rings. The zero-order valence-corrected chi connectivity index (χ0v) is 19.7. The fourth-order valence-electron chi connectivity index (χ4n) is 3.68. The Morgan fingerprint density at radius 1 is 0.970 bits per heavy atom. The minimum absolute atomic E-state index is 0.403. The Labute approximate surface area is 194 Å². The van der Waals surface area contributed by atoms with Crippen LogP contribution < -0.4 is 19.7 Å². The van der Waals surface area contributed by atoms with Crippen LogP contribution in [0.4, 0.5) is 11.4 Å². The minimum atomic E-state index is 0.403. The van der Waals surface area contributed by atoms with E-state index in [-0.39, 0.29) is 0 Å². The van der Waals surface area contributed by atoms with Crippen LogP contribution in [-0.4, -0.2) is 53.1 Å². The molecule has 4 rings (SSSR count). The highest BCUT2D eigenvalue weighted by molar-refractivity contribution is 5.82. The van der Waals surface area contributed by atoms with Crippen LogP contribution in [0.1, 0.15) is 13.8 Å². The first-order valence-electron chi connectivity index (χ1n) is 11.0. The van der Waals surface area contributed by atoms with Gasteiger partial charge in [-0.3, -0.25) is 9.67 Å². The molecule has 4 aromatic rings. The Kier molecular flexibility index (Phi) is 6.74. The number of anilines is 2. The maximum atomic E-state index is 5.50. The molecule has 0 aliphatic heterocycles. The molecule has 33 heavy (non-hydrogen) atoms. The zero-order chi connectivity index (χ0) is 23.4. The Balaban J connectivity index is 1.72. The summed E-state index contributed by atoms with van der Waals surface area (Å²) < 4.78 is 12.8. The molecule has 0 unspecified atom stereocenters. The minimum Gasteiger partial charge on any atom is -0.497 e. The van der Waals surface area contributed by atoms with E-state index < -0.39 is 0 Å². The predicted octanol–water partition coefficient (Wildman–Crippen LogP) is 4.18. The van der Waals surface area contributed by atoms with Gasteiger partial charge in [0.2, 0.25) is 0 Å². The summed E-state index contributed by atoms with van der Waals surface area (Å²) in [7, 11) is 5.21. The highest BCUT2D eigenvalue weighted by atomic mass is 16.5. The van der Waals surface area contributed by atoms with E-state index in [0.29, 0.717) is 6.04 Å². The van der Waals surface area contributed by atoms with Crippen LogP contribution in [-0.2, 0) is 7.05 Å². The van der Waals surface area contributed by atoms with Gasteiger partial charge < -0.3 is 19.7 Å². The van der Waals surface area contributed by atoms with Crippen LogP contribution in [0.15, 0.2) is 55.0 Å². The van der Waals surface area contributed by atoms with E-state index >= 15 is 0 Å². The Morgan fingerprint density at radius 2 is 1.73 bits per heavy atom. The SMILES string of the molecule is COc1cc(OC)cc(N(CCNC(C)C)c2ccc3nc(-c4cnn(C)c4)cnc3c2)c1. The summed E-state index contributed by atoms with van der Waals surface area (Å²) in [6, 6.07) is 12.5. The highest BCUT2D eigenvalue weighted by Gasteiger charge is 2.14. The molecule has 0 aliphatic rings. The van der Waals surface area contributed by atoms with E-state index in [0.717, 1.165) is 58.3 Å². The molecule has 0 saturated carbocycles. The Hall–Kier alpha value is -3.65. The second kappa shape index (κ2) is 9.87. The van der Waals surface area contributed by atoms with Gasteiger partial charge in [-0.05, 0) is 18.2 Å². The number of hydrogen-bond acceptors (Lipinski definition) is 7. The van der Waals surface area contributed by atoms with Gasteiger partial charge in [-0.1, -0.05) is 13.8 Å².